The first-order chi connectivity index (χ1) is 5.55. The molecule has 0 fully saturated rings. The average Bonchev–Trinajstić information content (AvgIpc) is 2.06. The van der Waals surface area contributed by atoms with E-state index in [1.165, 1.54) is 6.92 Å². The largest absolute Gasteiger partial charge is 0.325 e. The van der Waals surface area contributed by atoms with Gasteiger partial charge in [-0.1, -0.05) is 30.3 Å². The van der Waals surface area contributed by atoms with Crippen LogP contribution in [0.25, 0.3) is 0 Å². The quantitative estimate of drug-likeness (QED) is 0.718. The molecule has 2 N–H and O–H groups in total. The molecule has 0 unspecified atom stereocenters. The van der Waals surface area contributed by atoms with Crippen LogP contribution < -0.4 is 5.73 Å². The predicted molar refractivity (Wildman–Crippen MR) is 48.6 cm³/mol. The van der Waals surface area contributed by atoms with Crippen LogP contribution in [0, 0.1) is 0 Å². The third kappa shape index (κ3) is 1.64. The summed E-state index contributed by atoms with van der Waals surface area (Å²) < 4.78 is 13.8. The molecule has 12 heavy (non-hydrogen) atoms. The third-order valence-corrected chi connectivity index (χ3v) is 2.19. The van der Waals surface area contributed by atoms with E-state index < -0.39 is 11.7 Å². The zero-order valence-corrected chi connectivity index (χ0v) is 7.42. The number of halogens is 1. The van der Waals surface area contributed by atoms with Gasteiger partial charge in [-0.2, -0.15) is 0 Å². The third-order valence-electron chi connectivity index (χ3n) is 2.19. The second-order valence-electron chi connectivity index (χ2n) is 3.23. The highest BCUT2D eigenvalue weighted by Gasteiger charge is 2.29. The number of nitrogens with two attached hydrogens (primary N) is 1. The fourth-order valence-corrected chi connectivity index (χ4v) is 1.03. The van der Waals surface area contributed by atoms with Gasteiger partial charge in [0, 0.05) is 6.04 Å². The van der Waals surface area contributed by atoms with Crippen LogP contribution in [-0.4, -0.2) is 6.04 Å². The van der Waals surface area contributed by atoms with Crippen molar-refractivity contribution >= 4 is 0 Å². The van der Waals surface area contributed by atoms with Crippen LogP contribution >= 0.6 is 0 Å². The van der Waals surface area contributed by atoms with Crippen LogP contribution in [0.1, 0.15) is 19.4 Å². The molecule has 0 amide bonds. The Morgan fingerprint density at radius 3 is 2.25 bits per heavy atom. The van der Waals surface area contributed by atoms with E-state index in [1.54, 1.807) is 19.1 Å². The lowest BCUT2D eigenvalue weighted by Crippen LogP contribution is -2.36. The van der Waals surface area contributed by atoms with E-state index in [4.69, 9.17) is 5.73 Å². The van der Waals surface area contributed by atoms with Gasteiger partial charge >= 0.3 is 0 Å². The fraction of sp³-hybridized carbons (Fsp3) is 0.400. The Labute approximate surface area is 72.4 Å². The van der Waals surface area contributed by atoms with Crippen molar-refractivity contribution in [3.63, 3.8) is 0 Å². The average molecular weight is 167 g/mol. The number of rotatable bonds is 2. The van der Waals surface area contributed by atoms with Gasteiger partial charge in [-0.3, -0.25) is 0 Å². The Balaban J connectivity index is 2.98. The minimum Gasteiger partial charge on any atom is -0.325 e. The molecule has 0 aliphatic heterocycles. The molecule has 0 saturated heterocycles. The number of hydrogen-bond donors (Lipinski definition) is 1. The summed E-state index contributed by atoms with van der Waals surface area (Å²) in [6.07, 6.45) is 0. The van der Waals surface area contributed by atoms with E-state index in [0.717, 1.165) is 0 Å². The number of benzene rings is 1. The van der Waals surface area contributed by atoms with Gasteiger partial charge in [0.1, 0.15) is 5.67 Å². The van der Waals surface area contributed by atoms with Gasteiger partial charge in [0.25, 0.3) is 0 Å². The number of hydrogen-bond acceptors (Lipinski definition) is 1. The fourth-order valence-electron chi connectivity index (χ4n) is 1.03. The Morgan fingerprint density at radius 1 is 1.33 bits per heavy atom. The van der Waals surface area contributed by atoms with E-state index in [-0.39, 0.29) is 0 Å². The highest BCUT2D eigenvalue weighted by Crippen LogP contribution is 2.27. The summed E-state index contributed by atoms with van der Waals surface area (Å²) >= 11 is 0. The molecule has 0 aliphatic carbocycles. The SMILES string of the molecule is C[C@@H](N)[C@@](C)(F)c1ccccc1. The van der Waals surface area contributed by atoms with Crippen LogP contribution in [0.3, 0.4) is 0 Å². The summed E-state index contributed by atoms with van der Waals surface area (Å²) in [5.41, 5.74) is 4.74. The molecule has 0 saturated carbocycles. The number of alkyl halides is 1. The van der Waals surface area contributed by atoms with Crippen molar-refractivity contribution in [2.75, 3.05) is 0 Å². The molecule has 1 rings (SSSR count). The summed E-state index contributed by atoms with van der Waals surface area (Å²) in [7, 11) is 0. The Hall–Kier alpha value is -0.890. The normalized spacial score (nSPS) is 18.3. The molecular formula is C10H14FN. The van der Waals surface area contributed by atoms with Gasteiger partial charge in [-0.15, -0.1) is 0 Å². The van der Waals surface area contributed by atoms with Crippen LogP contribution in [-0.2, 0) is 5.67 Å². The van der Waals surface area contributed by atoms with Gasteiger partial charge in [-0.25, -0.2) is 4.39 Å². The topological polar surface area (TPSA) is 26.0 Å². The molecule has 66 valence electrons. The first kappa shape index (κ1) is 9.20. The van der Waals surface area contributed by atoms with Gasteiger partial charge in [0.05, 0.1) is 0 Å². The molecule has 1 nitrogen and oxygen atoms in total. The Morgan fingerprint density at radius 2 is 1.83 bits per heavy atom. The first-order valence-corrected chi connectivity index (χ1v) is 4.05. The van der Waals surface area contributed by atoms with E-state index in [9.17, 15) is 4.39 Å². The predicted octanol–water partition coefficient (Wildman–Crippen LogP) is 2.22. The summed E-state index contributed by atoms with van der Waals surface area (Å²) in [4.78, 5) is 0. The van der Waals surface area contributed by atoms with Crippen LogP contribution in [0.5, 0.6) is 0 Å². The van der Waals surface area contributed by atoms with E-state index in [1.807, 2.05) is 18.2 Å². The standard InChI is InChI=1S/C10H14FN/c1-8(12)10(2,11)9-6-4-3-5-7-9/h3-8H,12H2,1-2H3/t8-,10-/m1/s1. The molecule has 1 aromatic carbocycles. The van der Waals surface area contributed by atoms with Gasteiger partial charge in [0.2, 0.25) is 0 Å². The summed E-state index contributed by atoms with van der Waals surface area (Å²) in [5.74, 6) is 0. The summed E-state index contributed by atoms with van der Waals surface area (Å²) in [5, 5.41) is 0. The van der Waals surface area contributed by atoms with Crippen molar-refractivity contribution in [1.29, 1.82) is 0 Å². The van der Waals surface area contributed by atoms with Gasteiger partial charge in [0.15, 0.2) is 0 Å². The smallest absolute Gasteiger partial charge is 0.147 e. The molecule has 2 heteroatoms. The molecule has 0 heterocycles. The Kier molecular flexibility index (Phi) is 2.48. The van der Waals surface area contributed by atoms with E-state index in [2.05, 4.69) is 0 Å². The van der Waals surface area contributed by atoms with Gasteiger partial charge in [-0.05, 0) is 19.4 Å². The van der Waals surface area contributed by atoms with Crippen molar-refractivity contribution in [3.05, 3.63) is 35.9 Å². The summed E-state index contributed by atoms with van der Waals surface area (Å²) in [6.45, 7) is 3.18. The van der Waals surface area contributed by atoms with Crippen molar-refractivity contribution < 1.29 is 4.39 Å². The monoisotopic (exact) mass is 167 g/mol. The lowest BCUT2D eigenvalue weighted by molar-refractivity contribution is 0.158. The molecule has 1 aromatic rings. The molecule has 0 spiro atoms. The molecular weight excluding hydrogens is 153 g/mol. The van der Waals surface area contributed by atoms with Crippen LogP contribution in [0.15, 0.2) is 30.3 Å². The molecule has 2 atom stereocenters. The van der Waals surface area contributed by atoms with Crippen molar-refractivity contribution in [1.82, 2.24) is 0 Å². The lowest BCUT2D eigenvalue weighted by atomic mass is 9.92. The molecule has 0 aromatic heterocycles. The van der Waals surface area contributed by atoms with E-state index in [0.29, 0.717) is 5.56 Å². The lowest BCUT2D eigenvalue weighted by Gasteiger charge is -2.24. The van der Waals surface area contributed by atoms with Gasteiger partial charge < -0.3 is 5.73 Å². The second-order valence-corrected chi connectivity index (χ2v) is 3.23. The molecule has 0 radical (unpaired) electrons. The highest BCUT2D eigenvalue weighted by molar-refractivity contribution is 5.23. The maximum Gasteiger partial charge on any atom is 0.147 e. The van der Waals surface area contributed by atoms with Crippen molar-refractivity contribution in [2.45, 2.75) is 25.6 Å². The van der Waals surface area contributed by atoms with Crippen LogP contribution in [0.4, 0.5) is 4.39 Å². The van der Waals surface area contributed by atoms with Crippen molar-refractivity contribution in [2.24, 2.45) is 5.73 Å². The van der Waals surface area contributed by atoms with Crippen LogP contribution in [0.2, 0.25) is 0 Å². The molecule has 0 aliphatic rings. The second kappa shape index (κ2) is 3.23. The maximum atomic E-state index is 13.8. The maximum absolute atomic E-state index is 13.8. The zero-order chi connectivity index (χ0) is 9.19. The first-order valence-electron chi connectivity index (χ1n) is 4.05. The summed E-state index contributed by atoms with van der Waals surface area (Å²) in [6, 6.07) is 8.51. The highest BCUT2D eigenvalue weighted by atomic mass is 19.1. The zero-order valence-electron chi connectivity index (χ0n) is 7.42. The Bertz CT molecular complexity index is 241. The minimum atomic E-state index is -1.43. The van der Waals surface area contributed by atoms with Crippen molar-refractivity contribution in [3.8, 4) is 0 Å². The van der Waals surface area contributed by atoms with E-state index >= 15 is 0 Å². The minimum absolute atomic E-state index is 0.486. The molecule has 0 bridgehead atoms.